The third-order valence-corrected chi connectivity index (χ3v) is 1.28. The van der Waals surface area contributed by atoms with Crippen molar-refractivity contribution in [2.45, 2.75) is 19.9 Å². The van der Waals surface area contributed by atoms with Gasteiger partial charge in [0.1, 0.15) is 12.4 Å². The summed E-state index contributed by atoms with van der Waals surface area (Å²) in [5.74, 6) is 0. The summed E-state index contributed by atoms with van der Waals surface area (Å²) in [5.41, 5.74) is 0.0541. The summed E-state index contributed by atoms with van der Waals surface area (Å²) in [7, 11) is 0. The molecular formula is C6H9N3O2. The second kappa shape index (κ2) is 3.14. The van der Waals surface area contributed by atoms with Crippen LogP contribution in [0.1, 0.15) is 13.3 Å². The predicted octanol–water partition coefficient (Wildman–Crippen LogP) is 1.20. The maximum Gasteiger partial charge on any atom is 0.306 e. The van der Waals surface area contributed by atoms with E-state index in [-0.39, 0.29) is 5.69 Å². The predicted molar refractivity (Wildman–Crippen MR) is 39.2 cm³/mol. The average molecular weight is 155 g/mol. The highest BCUT2D eigenvalue weighted by molar-refractivity contribution is 5.20. The smallest absolute Gasteiger partial charge is 0.266 e. The summed E-state index contributed by atoms with van der Waals surface area (Å²) in [4.78, 5) is 9.73. The van der Waals surface area contributed by atoms with E-state index in [1.54, 1.807) is 4.68 Å². The number of hydrogen-bond acceptors (Lipinski definition) is 3. The Morgan fingerprint density at radius 2 is 2.55 bits per heavy atom. The molecule has 0 aliphatic rings. The van der Waals surface area contributed by atoms with Crippen molar-refractivity contribution in [1.29, 1.82) is 0 Å². The van der Waals surface area contributed by atoms with Crippen LogP contribution in [0.15, 0.2) is 12.4 Å². The zero-order valence-electron chi connectivity index (χ0n) is 6.23. The molecular weight excluding hydrogens is 146 g/mol. The molecule has 1 heterocycles. The van der Waals surface area contributed by atoms with E-state index in [0.717, 1.165) is 13.0 Å². The topological polar surface area (TPSA) is 61.0 Å². The molecule has 1 aromatic rings. The maximum atomic E-state index is 10.2. The van der Waals surface area contributed by atoms with E-state index < -0.39 is 4.92 Å². The number of aryl methyl sites for hydroxylation is 1. The van der Waals surface area contributed by atoms with Gasteiger partial charge in [-0.05, 0) is 6.42 Å². The van der Waals surface area contributed by atoms with Crippen LogP contribution < -0.4 is 0 Å². The van der Waals surface area contributed by atoms with Crippen molar-refractivity contribution < 1.29 is 4.92 Å². The van der Waals surface area contributed by atoms with Crippen molar-refractivity contribution in [3.05, 3.63) is 22.5 Å². The molecule has 5 heteroatoms. The Hall–Kier alpha value is -1.39. The van der Waals surface area contributed by atoms with Gasteiger partial charge in [0.05, 0.1) is 4.92 Å². The molecule has 0 saturated heterocycles. The van der Waals surface area contributed by atoms with E-state index in [2.05, 4.69) is 5.10 Å². The van der Waals surface area contributed by atoms with Crippen LogP contribution in [0.25, 0.3) is 0 Å². The van der Waals surface area contributed by atoms with Crippen molar-refractivity contribution >= 4 is 5.69 Å². The largest absolute Gasteiger partial charge is 0.306 e. The van der Waals surface area contributed by atoms with Gasteiger partial charge in [-0.3, -0.25) is 14.8 Å². The van der Waals surface area contributed by atoms with Crippen molar-refractivity contribution in [2.24, 2.45) is 0 Å². The van der Waals surface area contributed by atoms with Crippen LogP contribution in [0.3, 0.4) is 0 Å². The van der Waals surface area contributed by atoms with E-state index >= 15 is 0 Å². The first-order valence-corrected chi connectivity index (χ1v) is 3.41. The maximum absolute atomic E-state index is 10.2. The van der Waals surface area contributed by atoms with Crippen LogP contribution in [0.2, 0.25) is 0 Å². The van der Waals surface area contributed by atoms with Crippen LogP contribution in [0.4, 0.5) is 5.69 Å². The Morgan fingerprint density at radius 3 is 3.00 bits per heavy atom. The molecule has 0 radical (unpaired) electrons. The summed E-state index contributed by atoms with van der Waals surface area (Å²) < 4.78 is 1.57. The van der Waals surface area contributed by atoms with Gasteiger partial charge in [0.2, 0.25) is 0 Å². The van der Waals surface area contributed by atoms with E-state index in [0.29, 0.717) is 0 Å². The summed E-state index contributed by atoms with van der Waals surface area (Å²) in [6.07, 6.45) is 3.62. The lowest BCUT2D eigenvalue weighted by Crippen LogP contribution is -1.95. The summed E-state index contributed by atoms with van der Waals surface area (Å²) >= 11 is 0. The van der Waals surface area contributed by atoms with E-state index in [1.165, 1.54) is 12.4 Å². The van der Waals surface area contributed by atoms with Gasteiger partial charge in [0.25, 0.3) is 0 Å². The summed E-state index contributed by atoms with van der Waals surface area (Å²) in [6, 6.07) is 0. The molecule has 0 aromatic carbocycles. The molecule has 60 valence electrons. The Kier molecular flexibility index (Phi) is 2.20. The molecule has 0 aliphatic heterocycles. The highest BCUT2D eigenvalue weighted by Gasteiger charge is 2.06. The minimum Gasteiger partial charge on any atom is -0.266 e. The monoisotopic (exact) mass is 155 g/mol. The molecule has 0 saturated carbocycles. The number of nitrogens with zero attached hydrogens (tertiary/aromatic N) is 3. The number of rotatable bonds is 3. The molecule has 1 rings (SSSR count). The van der Waals surface area contributed by atoms with Crippen LogP contribution >= 0.6 is 0 Å². The zero-order chi connectivity index (χ0) is 8.27. The lowest BCUT2D eigenvalue weighted by molar-refractivity contribution is -0.385. The third kappa shape index (κ3) is 1.76. The van der Waals surface area contributed by atoms with Crippen molar-refractivity contribution in [1.82, 2.24) is 9.78 Å². The normalized spacial score (nSPS) is 9.91. The van der Waals surface area contributed by atoms with Crippen LogP contribution in [-0.2, 0) is 6.54 Å². The van der Waals surface area contributed by atoms with Gasteiger partial charge >= 0.3 is 5.69 Å². The minimum atomic E-state index is -0.445. The van der Waals surface area contributed by atoms with Gasteiger partial charge < -0.3 is 0 Å². The first-order valence-electron chi connectivity index (χ1n) is 3.41. The van der Waals surface area contributed by atoms with Crippen molar-refractivity contribution in [2.75, 3.05) is 0 Å². The highest BCUT2D eigenvalue weighted by atomic mass is 16.6. The molecule has 1 aromatic heterocycles. The van der Waals surface area contributed by atoms with Gasteiger partial charge in [-0.1, -0.05) is 6.92 Å². The van der Waals surface area contributed by atoms with Gasteiger partial charge in [0.15, 0.2) is 0 Å². The quantitative estimate of drug-likeness (QED) is 0.486. The summed E-state index contributed by atoms with van der Waals surface area (Å²) in [5, 5.41) is 14.0. The molecule has 0 unspecified atom stereocenters. The molecule has 0 N–H and O–H groups in total. The van der Waals surface area contributed by atoms with Crippen molar-refractivity contribution in [3.8, 4) is 0 Å². The first kappa shape index (κ1) is 7.71. The SMILES string of the molecule is CCCn1cc([N+](=O)[O-])cn1. The molecule has 0 bridgehead atoms. The number of nitro groups is 1. The van der Waals surface area contributed by atoms with Crippen molar-refractivity contribution in [3.63, 3.8) is 0 Å². The lowest BCUT2D eigenvalue weighted by Gasteiger charge is -1.92. The number of aromatic nitrogens is 2. The molecule has 5 nitrogen and oxygen atoms in total. The zero-order valence-corrected chi connectivity index (χ0v) is 6.23. The molecule has 11 heavy (non-hydrogen) atoms. The van der Waals surface area contributed by atoms with E-state index in [9.17, 15) is 10.1 Å². The Balaban J connectivity index is 2.73. The minimum absolute atomic E-state index is 0.0541. The van der Waals surface area contributed by atoms with E-state index in [1.807, 2.05) is 6.92 Å². The Labute approximate surface area is 63.8 Å². The highest BCUT2D eigenvalue weighted by Crippen LogP contribution is 2.07. The lowest BCUT2D eigenvalue weighted by atomic mass is 10.5. The Bertz CT molecular complexity index is 256. The molecule has 0 spiro atoms. The fraction of sp³-hybridized carbons (Fsp3) is 0.500. The van der Waals surface area contributed by atoms with Crippen LogP contribution in [0.5, 0.6) is 0 Å². The van der Waals surface area contributed by atoms with Gasteiger partial charge in [-0.25, -0.2) is 0 Å². The fourth-order valence-corrected chi connectivity index (χ4v) is 0.798. The average Bonchev–Trinajstić information content (AvgIpc) is 2.37. The van der Waals surface area contributed by atoms with Crippen LogP contribution in [0, 0.1) is 10.1 Å². The van der Waals surface area contributed by atoms with E-state index in [4.69, 9.17) is 0 Å². The second-order valence-corrected chi connectivity index (χ2v) is 2.22. The number of hydrogen-bond donors (Lipinski definition) is 0. The molecule has 0 amide bonds. The standard InChI is InChI=1S/C6H9N3O2/c1-2-3-8-5-6(4-7-8)9(10)11/h4-5H,2-3H2,1H3. The fourth-order valence-electron chi connectivity index (χ4n) is 0.798. The molecule has 0 atom stereocenters. The van der Waals surface area contributed by atoms with Crippen LogP contribution in [-0.4, -0.2) is 14.7 Å². The molecule has 0 aliphatic carbocycles. The molecule has 0 fully saturated rings. The Morgan fingerprint density at radius 1 is 1.82 bits per heavy atom. The third-order valence-electron chi connectivity index (χ3n) is 1.28. The van der Waals surface area contributed by atoms with Gasteiger partial charge in [-0.2, -0.15) is 5.10 Å². The summed E-state index contributed by atoms with van der Waals surface area (Å²) in [6.45, 7) is 2.72. The second-order valence-electron chi connectivity index (χ2n) is 2.22. The van der Waals surface area contributed by atoms with Gasteiger partial charge in [0, 0.05) is 6.54 Å². The first-order chi connectivity index (χ1) is 5.24. The van der Waals surface area contributed by atoms with Gasteiger partial charge in [-0.15, -0.1) is 0 Å².